The molecule has 0 heterocycles. The normalized spacial score (nSPS) is 19.6. The molecule has 2 aromatic carbocycles. The summed E-state index contributed by atoms with van der Waals surface area (Å²) < 4.78 is 18.2. The molecule has 1 saturated carbocycles. The quantitative estimate of drug-likeness (QED) is 0.865. The first-order chi connectivity index (χ1) is 12.1. The van der Waals surface area contributed by atoms with Gasteiger partial charge in [-0.05, 0) is 60.6 Å². The Balaban J connectivity index is 1.56. The number of carbonyl (C=O) groups excluding carboxylic acids is 1. The summed E-state index contributed by atoms with van der Waals surface area (Å²) in [6, 6.07) is 14.5. The van der Waals surface area contributed by atoms with E-state index in [2.05, 4.69) is 5.32 Å². The molecule has 0 bridgehead atoms. The van der Waals surface area contributed by atoms with Gasteiger partial charge in [-0.15, -0.1) is 0 Å². The molecule has 1 aliphatic carbocycles. The van der Waals surface area contributed by atoms with Crippen LogP contribution in [0.25, 0.3) is 0 Å². The highest BCUT2D eigenvalue weighted by Gasteiger charge is 2.28. The molecule has 0 aliphatic heterocycles. The zero-order chi connectivity index (χ0) is 17.6. The predicted octanol–water partition coefficient (Wildman–Crippen LogP) is 3.90. The first-order valence-electron chi connectivity index (χ1n) is 8.81. The third kappa shape index (κ3) is 4.81. The second kappa shape index (κ2) is 8.15. The Labute approximate surface area is 148 Å². The predicted molar refractivity (Wildman–Crippen MR) is 96.1 cm³/mol. The molecule has 1 fully saturated rings. The Hall–Kier alpha value is -2.36. The van der Waals surface area contributed by atoms with Gasteiger partial charge in [0.05, 0.1) is 13.5 Å². The first kappa shape index (κ1) is 17.5. The number of benzene rings is 2. The first-order valence-corrected chi connectivity index (χ1v) is 8.81. The zero-order valence-corrected chi connectivity index (χ0v) is 14.5. The van der Waals surface area contributed by atoms with Crippen molar-refractivity contribution in [2.75, 3.05) is 7.11 Å². The Morgan fingerprint density at radius 3 is 2.72 bits per heavy atom. The Morgan fingerprint density at radius 1 is 1.16 bits per heavy atom. The molecule has 0 aromatic heterocycles. The van der Waals surface area contributed by atoms with Crippen LogP contribution in [0, 0.1) is 11.7 Å². The van der Waals surface area contributed by atoms with Gasteiger partial charge >= 0.3 is 0 Å². The van der Waals surface area contributed by atoms with Crippen LogP contribution in [-0.4, -0.2) is 19.1 Å². The highest BCUT2D eigenvalue weighted by Crippen LogP contribution is 2.29. The maximum absolute atomic E-state index is 13.0. The van der Waals surface area contributed by atoms with E-state index in [-0.39, 0.29) is 17.8 Å². The zero-order valence-electron chi connectivity index (χ0n) is 14.5. The lowest BCUT2D eigenvalue weighted by Gasteiger charge is -2.21. The van der Waals surface area contributed by atoms with Gasteiger partial charge in [0.2, 0.25) is 5.91 Å². The molecule has 0 saturated heterocycles. The van der Waals surface area contributed by atoms with Gasteiger partial charge in [0.1, 0.15) is 11.6 Å². The lowest BCUT2D eigenvalue weighted by Crippen LogP contribution is -2.38. The van der Waals surface area contributed by atoms with Crippen molar-refractivity contribution in [2.24, 2.45) is 5.92 Å². The van der Waals surface area contributed by atoms with Gasteiger partial charge in [-0.1, -0.05) is 30.7 Å². The van der Waals surface area contributed by atoms with Gasteiger partial charge in [-0.2, -0.15) is 0 Å². The van der Waals surface area contributed by atoms with Crippen molar-refractivity contribution in [3.8, 4) is 5.75 Å². The molecule has 0 radical (unpaired) electrons. The summed E-state index contributed by atoms with van der Waals surface area (Å²) in [7, 11) is 1.62. The van der Waals surface area contributed by atoms with Gasteiger partial charge in [-0.25, -0.2) is 4.39 Å². The van der Waals surface area contributed by atoms with E-state index < -0.39 is 0 Å². The molecule has 1 amide bonds. The molecule has 1 aliphatic rings. The minimum absolute atomic E-state index is 0.0456. The van der Waals surface area contributed by atoms with Crippen molar-refractivity contribution in [3.63, 3.8) is 0 Å². The van der Waals surface area contributed by atoms with Crippen LogP contribution in [-0.2, 0) is 17.6 Å². The summed E-state index contributed by atoms with van der Waals surface area (Å²) in [6.45, 7) is 0. The monoisotopic (exact) mass is 341 g/mol. The summed E-state index contributed by atoms with van der Waals surface area (Å²) in [5.41, 5.74) is 2.07. The second-order valence-electron chi connectivity index (χ2n) is 6.72. The smallest absolute Gasteiger partial charge is 0.224 e. The van der Waals surface area contributed by atoms with Crippen LogP contribution < -0.4 is 10.1 Å². The van der Waals surface area contributed by atoms with E-state index in [4.69, 9.17) is 4.74 Å². The van der Waals surface area contributed by atoms with Crippen molar-refractivity contribution in [1.29, 1.82) is 0 Å². The molecule has 132 valence electrons. The molecule has 2 atom stereocenters. The van der Waals surface area contributed by atoms with Crippen molar-refractivity contribution in [1.82, 2.24) is 5.32 Å². The Kier molecular flexibility index (Phi) is 5.69. The highest BCUT2D eigenvalue weighted by molar-refractivity contribution is 5.79. The number of methoxy groups -OCH3 is 1. The molecule has 3 nitrogen and oxygen atoms in total. The van der Waals surface area contributed by atoms with Crippen molar-refractivity contribution >= 4 is 5.91 Å². The van der Waals surface area contributed by atoms with Crippen molar-refractivity contribution in [2.45, 2.75) is 38.1 Å². The van der Waals surface area contributed by atoms with Crippen LogP contribution >= 0.6 is 0 Å². The molecule has 25 heavy (non-hydrogen) atoms. The maximum atomic E-state index is 13.0. The summed E-state index contributed by atoms with van der Waals surface area (Å²) in [4.78, 5) is 12.4. The van der Waals surface area contributed by atoms with E-state index >= 15 is 0 Å². The average molecular weight is 341 g/mol. The highest BCUT2D eigenvalue weighted by atomic mass is 19.1. The van der Waals surface area contributed by atoms with Gasteiger partial charge in [0.25, 0.3) is 0 Å². The van der Waals surface area contributed by atoms with Crippen LogP contribution in [0.1, 0.15) is 30.4 Å². The fraction of sp³-hybridized carbons (Fsp3) is 0.381. The van der Waals surface area contributed by atoms with E-state index in [0.29, 0.717) is 12.3 Å². The molecule has 0 unspecified atom stereocenters. The van der Waals surface area contributed by atoms with Crippen LogP contribution in [0.15, 0.2) is 48.5 Å². The van der Waals surface area contributed by atoms with E-state index in [1.807, 2.05) is 36.4 Å². The largest absolute Gasteiger partial charge is 0.497 e. The fourth-order valence-corrected chi connectivity index (χ4v) is 3.62. The van der Waals surface area contributed by atoms with Crippen molar-refractivity contribution in [3.05, 3.63) is 65.5 Å². The van der Waals surface area contributed by atoms with E-state index in [0.717, 1.165) is 42.6 Å². The standard InChI is InChI=1S/C21H24FNO2/c1-25-19-6-2-4-16(13-19)14-21(24)23-20-7-3-5-17(20)12-15-8-10-18(22)11-9-15/h2,4,6,8-11,13,17,20H,3,5,7,12,14H2,1H3,(H,23,24)/t17-,20-/m1/s1. The number of ether oxygens (including phenoxy) is 1. The Morgan fingerprint density at radius 2 is 1.96 bits per heavy atom. The minimum atomic E-state index is -0.210. The molecule has 2 aromatic rings. The fourth-order valence-electron chi connectivity index (χ4n) is 3.62. The van der Waals surface area contributed by atoms with Crippen LogP contribution in [0.3, 0.4) is 0 Å². The molecular formula is C21H24FNO2. The van der Waals surface area contributed by atoms with E-state index in [1.165, 1.54) is 12.1 Å². The maximum Gasteiger partial charge on any atom is 0.224 e. The topological polar surface area (TPSA) is 38.3 Å². The van der Waals surface area contributed by atoms with E-state index in [9.17, 15) is 9.18 Å². The SMILES string of the molecule is COc1cccc(CC(=O)N[C@@H]2CCC[C@@H]2Cc2ccc(F)cc2)c1. The molecular weight excluding hydrogens is 317 g/mol. The summed E-state index contributed by atoms with van der Waals surface area (Å²) >= 11 is 0. The third-order valence-electron chi connectivity index (χ3n) is 4.92. The molecule has 0 spiro atoms. The van der Waals surface area contributed by atoms with Crippen LogP contribution in [0.5, 0.6) is 5.75 Å². The third-order valence-corrected chi connectivity index (χ3v) is 4.92. The molecule has 4 heteroatoms. The van der Waals surface area contributed by atoms with Crippen molar-refractivity contribution < 1.29 is 13.9 Å². The number of carbonyl (C=O) groups is 1. The summed E-state index contributed by atoms with van der Waals surface area (Å²) in [5.74, 6) is 1.02. The van der Waals surface area contributed by atoms with E-state index in [1.54, 1.807) is 7.11 Å². The molecule has 3 rings (SSSR count). The number of rotatable bonds is 6. The minimum Gasteiger partial charge on any atom is -0.497 e. The Bertz CT molecular complexity index is 714. The number of hydrogen-bond donors (Lipinski definition) is 1. The number of nitrogens with one attached hydrogen (secondary N) is 1. The van der Waals surface area contributed by atoms with Crippen LogP contribution in [0.2, 0.25) is 0 Å². The van der Waals surface area contributed by atoms with Crippen LogP contribution in [0.4, 0.5) is 4.39 Å². The average Bonchev–Trinajstić information content (AvgIpc) is 3.03. The number of amides is 1. The molecule has 1 N–H and O–H groups in total. The van der Waals surface area contributed by atoms with Gasteiger partial charge in [0, 0.05) is 6.04 Å². The summed E-state index contributed by atoms with van der Waals surface area (Å²) in [6.07, 6.45) is 4.47. The number of halogens is 1. The van der Waals surface area contributed by atoms with Gasteiger partial charge < -0.3 is 10.1 Å². The summed E-state index contributed by atoms with van der Waals surface area (Å²) in [5, 5.41) is 3.19. The lowest BCUT2D eigenvalue weighted by molar-refractivity contribution is -0.121. The second-order valence-corrected chi connectivity index (χ2v) is 6.72. The van der Waals surface area contributed by atoms with Gasteiger partial charge in [0.15, 0.2) is 0 Å². The number of hydrogen-bond acceptors (Lipinski definition) is 2. The van der Waals surface area contributed by atoms with Gasteiger partial charge in [-0.3, -0.25) is 4.79 Å². The lowest BCUT2D eigenvalue weighted by atomic mass is 9.94.